The number of alkyl halides is 1. The quantitative estimate of drug-likeness (QED) is 0.603. The van der Waals surface area contributed by atoms with Gasteiger partial charge in [0.1, 0.15) is 6.17 Å². The van der Waals surface area contributed by atoms with Crippen LogP contribution in [0.1, 0.15) is 47.0 Å². The highest BCUT2D eigenvalue weighted by Gasteiger charge is 2.16. The highest BCUT2D eigenvalue weighted by molar-refractivity contribution is 4.65. The van der Waals surface area contributed by atoms with E-state index in [1.165, 1.54) is 0 Å². The Labute approximate surface area is 75.3 Å². The summed E-state index contributed by atoms with van der Waals surface area (Å²) in [6.45, 7) is 7.74. The molecule has 0 rings (SSSR count). The van der Waals surface area contributed by atoms with Crippen LogP contribution in [0.4, 0.5) is 4.39 Å². The minimum absolute atomic E-state index is 0.125. The molecule has 0 N–H and O–H groups in total. The molecule has 0 amide bonds. The van der Waals surface area contributed by atoms with Crippen LogP contribution in [0.15, 0.2) is 0 Å². The van der Waals surface area contributed by atoms with Gasteiger partial charge >= 0.3 is 0 Å². The van der Waals surface area contributed by atoms with E-state index < -0.39 is 6.17 Å². The van der Waals surface area contributed by atoms with E-state index in [0.717, 1.165) is 12.8 Å². The number of halogens is 1. The lowest BCUT2D eigenvalue weighted by molar-refractivity contribution is -0.0284. The number of hydrogen-bond donors (Lipinski definition) is 0. The molecule has 0 spiro atoms. The van der Waals surface area contributed by atoms with Crippen molar-refractivity contribution in [3.63, 3.8) is 0 Å². The zero-order valence-electron chi connectivity index (χ0n) is 8.64. The maximum atomic E-state index is 13.2. The minimum atomic E-state index is -0.799. The number of unbranched alkanes of at least 4 members (excludes halogenated alkanes) is 1. The Morgan fingerprint density at radius 1 is 1.25 bits per heavy atom. The average molecular weight is 176 g/mol. The third kappa shape index (κ3) is 5.53. The third-order valence-electron chi connectivity index (χ3n) is 1.83. The van der Waals surface area contributed by atoms with Crippen LogP contribution in [0.5, 0.6) is 0 Å². The molecule has 2 atom stereocenters. The van der Waals surface area contributed by atoms with Gasteiger partial charge in [0.15, 0.2) is 0 Å². The van der Waals surface area contributed by atoms with Gasteiger partial charge in [0.05, 0.1) is 12.2 Å². The first kappa shape index (κ1) is 11.9. The SMILES string of the molecule is CCCCC(F)C(C)OC(C)C. The Morgan fingerprint density at radius 2 is 1.83 bits per heavy atom. The van der Waals surface area contributed by atoms with Gasteiger partial charge in [-0.15, -0.1) is 0 Å². The van der Waals surface area contributed by atoms with Crippen molar-refractivity contribution in [3.05, 3.63) is 0 Å². The van der Waals surface area contributed by atoms with Crippen LogP contribution >= 0.6 is 0 Å². The molecule has 12 heavy (non-hydrogen) atoms. The first-order valence-corrected chi connectivity index (χ1v) is 4.87. The largest absolute Gasteiger partial charge is 0.373 e. The fourth-order valence-electron chi connectivity index (χ4n) is 1.15. The molecule has 1 nitrogen and oxygen atoms in total. The Morgan fingerprint density at radius 3 is 2.25 bits per heavy atom. The van der Waals surface area contributed by atoms with Crippen LogP contribution in [0.2, 0.25) is 0 Å². The Balaban J connectivity index is 3.53. The maximum Gasteiger partial charge on any atom is 0.126 e. The zero-order chi connectivity index (χ0) is 9.56. The molecule has 0 saturated heterocycles. The van der Waals surface area contributed by atoms with Crippen molar-refractivity contribution in [2.24, 2.45) is 0 Å². The van der Waals surface area contributed by atoms with Crippen molar-refractivity contribution in [2.45, 2.75) is 65.3 Å². The van der Waals surface area contributed by atoms with E-state index in [0.29, 0.717) is 6.42 Å². The van der Waals surface area contributed by atoms with E-state index in [2.05, 4.69) is 6.92 Å². The molecule has 0 aromatic rings. The van der Waals surface area contributed by atoms with Crippen molar-refractivity contribution in [2.75, 3.05) is 0 Å². The monoisotopic (exact) mass is 176 g/mol. The van der Waals surface area contributed by atoms with Crippen molar-refractivity contribution in [1.82, 2.24) is 0 Å². The Kier molecular flexibility index (Phi) is 6.35. The van der Waals surface area contributed by atoms with Crippen LogP contribution < -0.4 is 0 Å². The van der Waals surface area contributed by atoms with Crippen LogP contribution in [0.25, 0.3) is 0 Å². The number of rotatable bonds is 6. The molecule has 0 radical (unpaired) electrons. The summed E-state index contributed by atoms with van der Waals surface area (Å²) in [7, 11) is 0. The van der Waals surface area contributed by atoms with Crippen molar-refractivity contribution < 1.29 is 9.13 Å². The van der Waals surface area contributed by atoms with E-state index in [1.807, 2.05) is 13.8 Å². The fraction of sp³-hybridized carbons (Fsp3) is 1.00. The summed E-state index contributed by atoms with van der Waals surface area (Å²) < 4.78 is 18.6. The fourth-order valence-corrected chi connectivity index (χ4v) is 1.15. The maximum absolute atomic E-state index is 13.2. The summed E-state index contributed by atoms with van der Waals surface area (Å²) in [5.41, 5.74) is 0. The lowest BCUT2D eigenvalue weighted by Gasteiger charge is -2.19. The summed E-state index contributed by atoms with van der Waals surface area (Å²) in [6, 6.07) is 0. The van der Waals surface area contributed by atoms with E-state index >= 15 is 0 Å². The standard InChI is InChI=1S/C10H21FO/c1-5-6-7-10(11)9(4)12-8(2)3/h8-10H,5-7H2,1-4H3. The molecule has 74 valence electrons. The second kappa shape index (κ2) is 6.41. The lowest BCUT2D eigenvalue weighted by Crippen LogP contribution is -2.25. The van der Waals surface area contributed by atoms with E-state index in [1.54, 1.807) is 6.92 Å². The minimum Gasteiger partial charge on any atom is -0.373 e. The second-order valence-corrected chi connectivity index (χ2v) is 3.55. The molecule has 0 bridgehead atoms. The van der Waals surface area contributed by atoms with Gasteiger partial charge in [-0.3, -0.25) is 0 Å². The molecule has 2 unspecified atom stereocenters. The van der Waals surface area contributed by atoms with E-state index in [-0.39, 0.29) is 12.2 Å². The highest BCUT2D eigenvalue weighted by atomic mass is 19.1. The summed E-state index contributed by atoms with van der Waals surface area (Å²) in [6.07, 6.45) is 1.70. The van der Waals surface area contributed by atoms with Gasteiger partial charge in [-0.25, -0.2) is 4.39 Å². The summed E-state index contributed by atoms with van der Waals surface area (Å²) in [5, 5.41) is 0. The van der Waals surface area contributed by atoms with E-state index in [9.17, 15) is 4.39 Å². The van der Waals surface area contributed by atoms with Crippen molar-refractivity contribution >= 4 is 0 Å². The van der Waals surface area contributed by atoms with Crippen LogP contribution in [0.3, 0.4) is 0 Å². The van der Waals surface area contributed by atoms with E-state index in [4.69, 9.17) is 4.74 Å². The van der Waals surface area contributed by atoms with Gasteiger partial charge in [-0.2, -0.15) is 0 Å². The zero-order valence-corrected chi connectivity index (χ0v) is 8.64. The molecule has 0 saturated carbocycles. The summed E-state index contributed by atoms with van der Waals surface area (Å²) in [4.78, 5) is 0. The highest BCUT2D eigenvalue weighted by Crippen LogP contribution is 2.12. The molecule has 0 aliphatic heterocycles. The van der Waals surface area contributed by atoms with Gasteiger partial charge in [0, 0.05) is 0 Å². The van der Waals surface area contributed by atoms with Gasteiger partial charge in [-0.1, -0.05) is 19.8 Å². The van der Waals surface area contributed by atoms with Crippen molar-refractivity contribution in [3.8, 4) is 0 Å². The average Bonchev–Trinajstić information content (AvgIpc) is 1.98. The second-order valence-electron chi connectivity index (χ2n) is 3.55. The first-order chi connectivity index (χ1) is 5.57. The molecule has 0 heterocycles. The normalized spacial score (nSPS) is 16.5. The third-order valence-corrected chi connectivity index (χ3v) is 1.83. The number of ether oxygens (including phenoxy) is 1. The molecule has 0 aromatic carbocycles. The topological polar surface area (TPSA) is 9.23 Å². The van der Waals surface area contributed by atoms with Gasteiger partial charge in [0.2, 0.25) is 0 Å². The van der Waals surface area contributed by atoms with Crippen LogP contribution in [-0.2, 0) is 4.74 Å². The summed E-state index contributed by atoms with van der Waals surface area (Å²) >= 11 is 0. The molecule has 2 heteroatoms. The smallest absolute Gasteiger partial charge is 0.126 e. The molecular weight excluding hydrogens is 155 g/mol. The van der Waals surface area contributed by atoms with Crippen molar-refractivity contribution in [1.29, 1.82) is 0 Å². The molecule has 0 fully saturated rings. The Hall–Kier alpha value is -0.110. The molecular formula is C10H21FO. The van der Waals surface area contributed by atoms with Gasteiger partial charge in [-0.05, 0) is 27.2 Å². The van der Waals surface area contributed by atoms with Gasteiger partial charge in [0.25, 0.3) is 0 Å². The molecule has 0 aliphatic carbocycles. The predicted molar refractivity (Wildman–Crippen MR) is 50.1 cm³/mol. The van der Waals surface area contributed by atoms with Gasteiger partial charge < -0.3 is 4.74 Å². The molecule has 0 aliphatic rings. The summed E-state index contributed by atoms with van der Waals surface area (Å²) in [5.74, 6) is 0. The van der Waals surface area contributed by atoms with Crippen LogP contribution in [-0.4, -0.2) is 18.4 Å². The number of hydrogen-bond acceptors (Lipinski definition) is 1. The predicted octanol–water partition coefficient (Wildman–Crippen LogP) is 3.33. The first-order valence-electron chi connectivity index (χ1n) is 4.87. The lowest BCUT2D eigenvalue weighted by atomic mass is 10.1. The van der Waals surface area contributed by atoms with Crippen LogP contribution in [0, 0.1) is 0 Å². The molecule has 0 aromatic heterocycles. The Bertz CT molecular complexity index is 104.